The number of rotatable bonds is 7. The zero-order valence-corrected chi connectivity index (χ0v) is 17.9. The zero-order chi connectivity index (χ0) is 16.7. The molecule has 134 valence electrons. The third-order valence-electron chi connectivity index (χ3n) is 3.33. The van der Waals surface area contributed by atoms with Crippen molar-refractivity contribution in [2.75, 3.05) is 13.1 Å². The van der Waals surface area contributed by atoms with Crippen molar-refractivity contribution in [2.45, 2.75) is 47.2 Å². The van der Waals surface area contributed by atoms with E-state index in [1.54, 1.807) is 11.3 Å². The first-order valence-electron chi connectivity index (χ1n) is 8.03. The molecule has 0 saturated carbocycles. The van der Waals surface area contributed by atoms with Crippen LogP contribution in [0.25, 0.3) is 0 Å². The first-order valence-corrected chi connectivity index (χ1v) is 8.84. The quantitative estimate of drug-likeness (QED) is 0.287. The third kappa shape index (κ3) is 6.76. The van der Waals surface area contributed by atoms with Gasteiger partial charge in [-0.2, -0.15) is 5.10 Å². The number of aliphatic imine (C=N–C) groups is 1. The molecule has 0 spiro atoms. The number of nitrogens with zero attached hydrogens (tertiary/aromatic N) is 4. The molecular weight excluding hydrogens is 435 g/mol. The number of aryl methyl sites for hydroxylation is 4. The maximum absolute atomic E-state index is 4.58. The van der Waals surface area contributed by atoms with Gasteiger partial charge in [0.25, 0.3) is 0 Å². The fourth-order valence-corrected chi connectivity index (χ4v) is 3.01. The minimum absolute atomic E-state index is 0. The summed E-state index contributed by atoms with van der Waals surface area (Å²) in [4.78, 5) is 10.1. The number of halogens is 1. The van der Waals surface area contributed by atoms with Crippen LogP contribution in [0.1, 0.15) is 34.6 Å². The summed E-state index contributed by atoms with van der Waals surface area (Å²) in [5.74, 6) is 0.841. The summed E-state index contributed by atoms with van der Waals surface area (Å²) in [6.07, 6.45) is 2.90. The normalized spacial score (nSPS) is 11.2. The van der Waals surface area contributed by atoms with E-state index in [2.05, 4.69) is 57.2 Å². The fraction of sp³-hybridized carbons (Fsp3) is 0.562. The highest BCUT2D eigenvalue weighted by Crippen LogP contribution is 2.11. The van der Waals surface area contributed by atoms with E-state index in [1.807, 2.05) is 13.1 Å². The average molecular weight is 462 g/mol. The predicted molar refractivity (Wildman–Crippen MR) is 111 cm³/mol. The highest BCUT2D eigenvalue weighted by molar-refractivity contribution is 14.0. The van der Waals surface area contributed by atoms with Gasteiger partial charge in [-0.3, -0.25) is 4.68 Å². The van der Waals surface area contributed by atoms with Crippen molar-refractivity contribution in [3.8, 4) is 0 Å². The highest BCUT2D eigenvalue weighted by atomic mass is 127. The highest BCUT2D eigenvalue weighted by Gasteiger charge is 2.02. The molecular formula is C16H27IN6S. The topological polar surface area (TPSA) is 67.1 Å². The molecule has 24 heavy (non-hydrogen) atoms. The standard InChI is InChI=1S/C16H26N6S.HI/c1-5-17-16(20-11-15-19-10-14(4)23-15)18-7-6-8-22-13(3)9-12(2)21-22;/h9-10H,5-8,11H2,1-4H3,(H2,17,18,20);1H. The minimum atomic E-state index is 0. The van der Waals surface area contributed by atoms with Crippen LogP contribution in [-0.2, 0) is 13.1 Å². The van der Waals surface area contributed by atoms with E-state index in [9.17, 15) is 0 Å². The van der Waals surface area contributed by atoms with Crippen molar-refractivity contribution in [1.82, 2.24) is 25.4 Å². The Morgan fingerprint density at radius 3 is 2.67 bits per heavy atom. The Bertz CT molecular complexity index is 649. The summed E-state index contributed by atoms with van der Waals surface area (Å²) in [5.41, 5.74) is 2.28. The van der Waals surface area contributed by atoms with Crippen molar-refractivity contribution in [1.29, 1.82) is 0 Å². The second-order valence-electron chi connectivity index (χ2n) is 5.49. The smallest absolute Gasteiger partial charge is 0.191 e. The van der Waals surface area contributed by atoms with Crippen LogP contribution in [-0.4, -0.2) is 33.8 Å². The molecule has 0 fully saturated rings. The number of guanidine groups is 1. The van der Waals surface area contributed by atoms with E-state index < -0.39 is 0 Å². The van der Waals surface area contributed by atoms with Crippen molar-refractivity contribution < 1.29 is 0 Å². The Hall–Kier alpha value is -1.16. The number of hydrogen-bond donors (Lipinski definition) is 2. The van der Waals surface area contributed by atoms with E-state index in [0.717, 1.165) is 42.7 Å². The molecule has 0 bridgehead atoms. The van der Waals surface area contributed by atoms with Gasteiger partial charge in [-0.1, -0.05) is 0 Å². The fourth-order valence-electron chi connectivity index (χ4n) is 2.30. The lowest BCUT2D eigenvalue weighted by Gasteiger charge is -2.11. The monoisotopic (exact) mass is 462 g/mol. The Kier molecular flexibility index (Phi) is 9.27. The SMILES string of the molecule is CCNC(=NCc1ncc(C)s1)NCCCn1nc(C)cc1C.I. The molecule has 0 saturated heterocycles. The lowest BCUT2D eigenvalue weighted by molar-refractivity contribution is 0.555. The van der Waals surface area contributed by atoms with Gasteiger partial charge in [-0.15, -0.1) is 35.3 Å². The van der Waals surface area contributed by atoms with Crippen LogP contribution in [0.2, 0.25) is 0 Å². The summed E-state index contributed by atoms with van der Waals surface area (Å²) in [6.45, 7) is 11.5. The second kappa shape index (κ2) is 10.7. The Labute approximate surface area is 165 Å². The number of hydrogen-bond acceptors (Lipinski definition) is 4. The maximum atomic E-state index is 4.58. The van der Waals surface area contributed by atoms with Gasteiger partial charge in [0.2, 0.25) is 0 Å². The molecule has 0 amide bonds. The van der Waals surface area contributed by atoms with Crippen LogP contribution in [0.4, 0.5) is 0 Å². The van der Waals surface area contributed by atoms with Crippen LogP contribution in [0.15, 0.2) is 17.3 Å². The molecule has 2 N–H and O–H groups in total. The molecule has 0 atom stereocenters. The van der Waals surface area contributed by atoms with Crippen LogP contribution in [0.5, 0.6) is 0 Å². The van der Waals surface area contributed by atoms with Gasteiger partial charge in [-0.05, 0) is 40.2 Å². The molecule has 0 aliphatic carbocycles. The van der Waals surface area contributed by atoms with E-state index in [4.69, 9.17) is 0 Å². The second-order valence-corrected chi connectivity index (χ2v) is 6.81. The van der Waals surface area contributed by atoms with Gasteiger partial charge in [-0.25, -0.2) is 9.98 Å². The van der Waals surface area contributed by atoms with Crippen LogP contribution in [0, 0.1) is 20.8 Å². The molecule has 2 aromatic heterocycles. The molecule has 0 aromatic carbocycles. The van der Waals surface area contributed by atoms with Gasteiger partial charge in [0, 0.05) is 36.4 Å². The van der Waals surface area contributed by atoms with Gasteiger partial charge >= 0.3 is 0 Å². The van der Waals surface area contributed by atoms with Crippen molar-refractivity contribution >= 4 is 41.3 Å². The van der Waals surface area contributed by atoms with Crippen molar-refractivity contribution in [3.05, 3.63) is 33.5 Å². The van der Waals surface area contributed by atoms with Crippen LogP contribution >= 0.6 is 35.3 Å². The molecule has 0 unspecified atom stereocenters. The number of aromatic nitrogens is 3. The van der Waals surface area contributed by atoms with Gasteiger partial charge in [0.1, 0.15) is 5.01 Å². The molecule has 2 rings (SSSR count). The Balaban J connectivity index is 0.00000288. The Morgan fingerprint density at radius 1 is 1.29 bits per heavy atom. The van der Waals surface area contributed by atoms with E-state index in [0.29, 0.717) is 6.54 Å². The lowest BCUT2D eigenvalue weighted by Crippen LogP contribution is -2.38. The zero-order valence-electron chi connectivity index (χ0n) is 14.8. The summed E-state index contributed by atoms with van der Waals surface area (Å²) >= 11 is 1.69. The summed E-state index contributed by atoms with van der Waals surface area (Å²) < 4.78 is 2.05. The van der Waals surface area contributed by atoms with Gasteiger partial charge < -0.3 is 10.6 Å². The van der Waals surface area contributed by atoms with Crippen molar-refractivity contribution in [2.24, 2.45) is 4.99 Å². The van der Waals surface area contributed by atoms with E-state index in [-0.39, 0.29) is 24.0 Å². The predicted octanol–water partition coefficient (Wildman–Crippen LogP) is 3.03. The van der Waals surface area contributed by atoms with Crippen LogP contribution in [0.3, 0.4) is 0 Å². The first-order chi connectivity index (χ1) is 11.1. The van der Waals surface area contributed by atoms with E-state index >= 15 is 0 Å². The van der Waals surface area contributed by atoms with E-state index in [1.165, 1.54) is 10.6 Å². The molecule has 6 nitrogen and oxygen atoms in total. The summed E-state index contributed by atoms with van der Waals surface area (Å²) in [7, 11) is 0. The number of nitrogens with one attached hydrogen (secondary N) is 2. The first kappa shape index (κ1) is 20.9. The molecule has 2 heterocycles. The maximum Gasteiger partial charge on any atom is 0.191 e. The summed E-state index contributed by atoms with van der Waals surface area (Å²) in [6, 6.07) is 2.11. The van der Waals surface area contributed by atoms with Gasteiger partial charge in [0.05, 0.1) is 12.2 Å². The molecule has 0 aliphatic heterocycles. The molecule has 0 aliphatic rings. The third-order valence-corrected chi connectivity index (χ3v) is 4.23. The Morgan fingerprint density at radius 2 is 2.08 bits per heavy atom. The van der Waals surface area contributed by atoms with Crippen LogP contribution < -0.4 is 10.6 Å². The van der Waals surface area contributed by atoms with Gasteiger partial charge in [0.15, 0.2) is 5.96 Å². The van der Waals surface area contributed by atoms with Crippen molar-refractivity contribution in [3.63, 3.8) is 0 Å². The largest absolute Gasteiger partial charge is 0.357 e. The number of thiazole rings is 1. The minimum Gasteiger partial charge on any atom is -0.357 e. The summed E-state index contributed by atoms with van der Waals surface area (Å²) in [5, 5.41) is 12.2. The molecule has 2 aromatic rings. The molecule has 8 heteroatoms. The molecule has 0 radical (unpaired) electrons. The lowest BCUT2D eigenvalue weighted by atomic mass is 10.4. The average Bonchev–Trinajstić information content (AvgIpc) is 3.06.